The lowest BCUT2D eigenvalue weighted by Crippen LogP contribution is -2.34. The van der Waals surface area contributed by atoms with Gasteiger partial charge < -0.3 is 10.4 Å². The Morgan fingerprint density at radius 3 is 2.61 bits per heavy atom. The van der Waals surface area contributed by atoms with Gasteiger partial charge in [0.2, 0.25) is 5.91 Å². The van der Waals surface area contributed by atoms with Crippen LogP contribution < -0.4 is 5.32 Å². The number of carbonyl (C=O) groups excluding carboxylic acids is 1. The second-order valence-corrected chi connectivity index (χ2v) is 9.69. The normalized spacial score (nSPS) is 24.3. The third-order valence-electron chi connectivity index (χ3n) is 6.72. The summed E-state index contributed by atoms with van der Waals surface area (Å²) < 4.78 is 0. The van der Waals surface area contributed by atoms with E-state index in [2.05, 4.69) is 32.2 Å². The third-order valence-corrected chi connectivity index (χ3v) is 7.89. The van der Waals surface area contributed by atoms with Gasteiger partial charge >= 0.3 is 5.97 Å². The van der Waals surface area contributed by atoms with E-state index in [-0.39, 0.29) is 11.3 Å². The van der Waals surface area contributed by atoms with Crippen LogP contribution in [-0.4, -0.2) is 17.0 Å². The number of allylic oxidation sites excluding steroid dienone is 2. The first-order valence-corrected chi connectivity index (χ1v) is 10.8. The maximum Gasteiger partial charge on any atom is 0.307 e. The lowest BCUT2D eigenvalue weighted by atomic mass is 9.69. The average molecular weight is 401 g/mol. The molecule has 1 aromatic heterocycles. The van der Waals surface area contributed by atoms with Crippen molar-refractivity contribution in [3.8, 4) is 6.07 Å². The Kier molecular flexibility index (Phi) is 5.95. The van der Waals surface area contributed by atoms with Crippen LogP contribution in [0.4, 0.5) is 5.00 Å². The Hall–Kier alpha value is -2.13. The molecule has 2 aliphatic carbocycles. The summed E-state index contributed by atoms with van der Waals surface area (Å²) in [5.41, 5.74) is 1.89. The van der Waals surface area contributed by atoms with Gasteiger partial charge in [0, 0.05) is 4.88 Å². The maximum atomic E-state index is 12.8. The second-order valence-electron chi connectivity index (χ2n) is 8.58. The fourth-order valence-corrected chi connectivity index (χ4v) is 5.61. The van der Waals surface area contributed by atoms with Crippen molar-refractivity contribution in [3.63, 3.8) is 0 Å². The number of thiophene rings is 1. The molecule has 0 aromatic carbocycles. The minimum absolute atomic E-state index is 0.251. The molecular weight excluding hydrogens is 372 g/mol. The number of fused-ring (bicyclic) bond motifs is 1. The highest BCUT2D eigenvalue weighted by Crippen LogP contribution is 2.45. The van der Waals surface area contributed by atoms with Crippen molar-refractivity contribution < 1.29 is 14.7 Å². The molecule has 150 valence electrons. The van der Waals surface area contributed by atoms with E-state index in [1.807, 2.05) is 12.2 Å². The molecule has 0 aliphatic heterocycles. The van der Waals surface area contributed by atoms with E-state index in [0.29, 0.717) is 29.3 Å². The predicted molar refractivity (Wildman–Crippen MR) is 110 cm³/mol. The standard InChI is InChI=1S/C22H28N2O3S/c1-4-22(2,3)13-9-10-14-17(12-23)20(28-18(14)11-13)24-19(25)15-7-5-6-8-16(15)21(26)27/h5-6,13,15-16H,4,7-11H2,1-3H3,(H,24,25)(H,26,27)/t13-,15-,16-/m0/s1. The molecule has 0 fully saturated rings. The molecule has 3 atom stereocenters. The molecule has 1 heterocycles. The zero-order valence-electron chi connectivity index (χ0n) is 16.7. The van der Waals surface area contributed by atoms with Crippen LogP contribution in [0.1, 0.15) is 62.5 Å². The first-order chi connectivity index (χ1) is 13.3. The Morgan fingerprint density at radius 2 is 2.00 bits per heavy atom. The number of carbonyl (C=O) groups is 2. The van der Waals surface area contributed by atoms with Gasteiger partial charge in [0.15, 0.2) is 0 Å². The number of carboxylic acids is 1. The van der Waals surface area contributed by atoms with Crippen molar-refractivity contribution in [1.82, 2.24) is 0 Å². The number of nitrogens with one attached hydrogen (secondary N) is 1. The number of anilines is 1. The molecule has 0 saturated heterocycles. The summed E-state index contributed by atoms with van der Waals surface area (Å²) in [6.07, 6.45) is 8.45. The Balaban J connectivity index is 1.82. The van der Waals surface area contributed by atoms with Gasteiger partial charge in [-0.3, -0.25) is 9.59 Å². The molecular formula is C22H28N2O3S. The number of aliphatic carboxylic acids is 1. The molecule has 6 heteroatoms. The summed E-state index contributed by atoms with van der Waals surface area (Å²) in [7, 11) is 0. The molecule has 28 heavy (non-hydrogen) atoms. The molecule has 1 amide bonds. The van der Waals surface area contributed by atoms with E-state index in [9.17, 15) is 20.0 Å². The van der Waals surface area contributed by atoms with Crippen LogP contribution in [0.2, 0.25) is 0 Å². The van der Waals surface area contributed by atoms with Gasteiger partial charge in [-0.05, 0) is 49.0 Å². The number of hydrogen-bond acceptors (Lipinski definition) is 4. The van der Waals surface area contributed by atoms with Crippen LogP contribution in [0.5, 0.6) is 0 Å². The van der Waals surface area contributed by atoms with Gasteiger partial charge in [-0.1, -0.05) is 39.3 Å². The summed E-state index contributed by atoms with van der Waals surface area (Å²) in [5.74, 6) is -1.98. The summed E-state index contributed by atoms with van der Waals surface area (Å²) >= 11 is 1.50. The number of nitriles is 1. The first kappa shape index (κ1) is 20.6. The van der Waals surface area contributed by atoms with E-state index in [4.69, 9.17) is 0 Å². The summed E-state index contributed by atoms with van der Waals surface area (Å²) in [6, 6.07) is 2.28. The third kappa shape index (κ3) is 3.86. The minimum atomic E-state index is -0.944. The van der Waals surface area contributed by atoms with Crippen LogP contribution >= 0.6 is 11.3 Å². The Bertz CT molecular complexity index is 847. The van der Waals surface area contributed by atoms with Gasteiger partial charge in [-0.25, -0.2) is 0 Å². The summed E-state index contributed by atoms with van der Waals surface area (Å²) in [6.45, 7) is 6.81. The SMILES string of the molecule is CCC(C)(C)[C@H]1CCc2c(sc(NC(=O)[C@H]3CC=CC[C@@H]3C(=O)O)c2C#N)C1. The fraction of sp³-hybridized carbons (Fsp3) is 0.591. The number of hydrogen-bond donors (Lipinski definition) is 2. The monoisotopic (exact) mass is 400 g/mol. The van der Waals surface area contributed by atoms with Crippen molar-refractivity contribution >= 4 is 28.2 Å². The van der Waals surface area contributed by atoms with Crippen molar-refractivity contribution in [3.05, 3.63) is 28.2 Å². The lowest BCUT2D eigenvalue weighted by Gasteiger charge is -2.36. The van der Waals surface area contributed by atoms with Gasteiger partial charge in [0.1, 0.15) is 11.1 Å². The van der Waals surface area contributed by atoms with Crippen molar-refractivity contribution in [2.75, 3.05) is 5.32 Å². The van der Waals surface area contributed by atoms with E-state index in [1.54, 1.807) is 0 Å². The van der Waals surface area contributed by atoms with Crippen LogP contribution in [0.25, 0.3) is 0 Å². The molecule has 2 N–H and O–H groups in total. The van der Waals surface area contributed by atoms with Crippen molar-refractivity contribution in [2.24, 2.45) is 23.2 Å². The quantitative estimate of drug-likeness (QED) is 0.697. The van der Waals surface area contributed by atoms with Gasteiger partial charge in [0.05, 0.1) is 17.4 Å². The summed E-state index contributed by atoms with van der Waals surface area (Å²) in [4.78, 5) is 25.5. The molecule has 0 bridgehead atoms. The van der Waals surface area contributed by atoms with Crippen LogP contribution in [-0.2, 0) is 22.4 Å². The van der Waals surface area contributed by atoms with Crippen LogP contribution in [0.15, 0.2) is 12.2 Å². The van der Waals surface area contributed by atoms with Crippen molar-refractivity contribution in [2.45, 2.75) is 59.3 Å². The highest BCUT2D eigenvalue weighted by atomic mass is 32.1. The van der Waals surface area contributed by atoms with E-state index in [0.717, 1.165) is 31.2 Å². The number of amides is 1. The van der Waals surface area contributed by atoms with E-state index < -0.39 is 17.8 Å². The molecule has 3 rings (SSSR count). The first-order valence-electron chi connectivity index (χ1n) is 10.0. The average Bonchev–Trinajstić information content (AvgIpc) is 3.03. The van der Waals surface area contributed by atoms with Crippen molar-refractivity contribution in [1.29, 1.82) is 5.26 Å². The topological polar surface area (TPSA) is 90.2 Å². The van der Waals surface area contributed by atoms with Gasteiger partial charge in [-0.15, -0.1) is 11.3 Å². The minimum Gasteiger partial charge on any atom is -0.481 e. The smallest absolute Gasteiger partial charge is 0.307 e. The highest BCUT2D eigenvalue weighted by molar-refractivity contribution is 7.16. The molecule has 1 aromatic rings. The van der Waals surface area contributed by atoms with Crippen LogP contribution in [0.3, 0.4) is 0 Å². The second kappa shape index (κ2) is 8.08. The summed E-state index contributed by atoms with van der Waals surface area (Å²) in [5, 5.41) is 22.6. The highest BCUT2D eigenvalue weighted by Gasteiger charge is 2.36. The molecule has 2 aliphatic rings. The van der Waals surface area contributed by atoms with E-state index >= 15 is 0 Å². The Labute approximate surface area is 170 Å². The fourth-order valence-electron chi connectivity index (χ4n) is 4.33. The Morgan fingerprint density at radius 1 is 1.32 bits per heavy atom. The number of rotatable bonds is 5. The lowest BCUT2D eigenvalue weighted by molar-refractivity contribution is -0.146. The molecule has 0 radical (unpaired) electrons. The van der Waals surface area contributed by atoms with Crippen LogP contribution in [0, 0.1) is 34.5 Å². The molecule has 5 nitrogen and oxygen atoms in total. The molecule has 0 saturated carbocycles. The number of nitrogens with zero attached hydrogens (tertiary/aromatic N) is 1. The predicted octanol–water partition coefficient (Wildman–Crippen LogP) is 4.77. The number of carboxylic acid groups (broad SMARTS) is 1. The zero-order chi connectivity index (χ0) is 20.5. The van der Waals surface area contributed by atoms with Gasteiger partial charge in [0.25, 0.3) is 0 Å². The molecule has 0 unspecified atom stereocenters. The van der Waals surface area contributed by atoms with Gasteiger partial charge in [-0.2, -0.15) is 5.26 Å². The van der Waals surface area contributed by atoms with E-state index in [1.165, 1.54) is 16.2 Å². The largest absolute Gasteiger partial charge is 0.481 e. The maximum absolute atomic E-state index is 12.8. The molecule has 0 spiro atoms. The zero-order valence-corrected chi connectivity index (χ0v) is 17.6.